The van der Waals surface area contributed by atoms with Gasteiger partial charge in [0, 0.05) is 18.6 Å². The molecule has 1 aliphatic heterocycles. The smallest absolute Gasteiger partial charge is 0.293 e. The molecule has 1 fully saturated rings. The van der Waals surface area contributed by atoms with Gasteiger partial charge in [-0.05, 0) is 19.4 Å². The number of carbonyl (C=O) groups is 2. The molecule has 0 N–H and O–H groups in total. The molecule has 0 spiro atoms. The number of Topliss-reactive ketones (excluding diaryl/α,β-unsaturated/α-hetero) is 2. The van der Waals surface area contributed by atoms with Crippen molar-refractivity contribution in [3.05, 3.63) is 35.5 Å². The Labute approximate surface area is 169 Å². The van der Waals surface area contributed by atoms with Crippen LogP contribution in [0.3, 0.4) is 0 Å². The molecule has 0 aromatic rings. The van der Waals surface area contributed by atoms with Gasteiger partial charge in [-0.15, -0.1) is 0 Å². The lowest BCUT2D eigenvalue weighted by molar-refractivity contribution is -0.127. The van der Waals surface area contributed by atoms with Gasteiger partial charge in [-0.25, -0.2) is 0 Å². The molecule has 3 aliphatic rings. The molecular formula is C18H22O9S2. The van der Waals surface area contributed by atoms with E-state index in [2.05, 4.69) is 0 Å². The SMILES string of the molecule is CCOCC1(CC2=C(C)C(=O)C3C=CC=CC3C2=O)S(=O)(=O)OCCOS1(=O)=O. The molecular weight excluding hydrogens is 424 g/mol. The van der Waals surface area contributed by atoms with E-state index in [4.69, 9.17) is 13.1 Å². The molecule has 160 valence electrons. The molecule has 11 heteroatoms. The van der Waals surface area contributed by atoms with E-state index in [0.717, 1.165) is 0 Å². The zero-order valence-electron chi connectivity index (χ0n) is 16.0. The van der Waals surface area contributed by atoms with E-state index in [1.54, 1.807) is 31.2 Å². The van der Waals surface area contributed by atoms with Gasteiger partial charge in [0.1, 0.15) is 0 Å². The van der Waals surface area contributed by atoms with Gasteiger partial charge in [-0.1, -0.05) is 24.3 Å². The topological polar surface area (TPSA) is 130 Å². The maximum atomic E-state index is 13.1. The second-order valence-corrected chi connectivity index (χ2v) is 11.0. The van der Waals surface area contributed by atoms with Crippen LogP contribution in [-0.4, -0.2) is 58.9 Å². The van der Waals surface area contributed by atoms with Gasteiger partial charge < -0.3 is 4.74 Å². The number of fused-ring (bicyclic) bond motifs is 1. The highest BCUT2D eigenvalue weighted by molar-refractivity contribution is 8.06. The largest absolute Gasteiger partial charge is 0.379 e. The van der Waals surface area contributed by atoms with E-state index >= 15 is 0 Å². The highest BCUT2D eigenvalue weighted by Gasteiger charge is 2.60. The molecule has 2 atom stereocenters. The number of allylic oxidation sites excluding steroid dienone is 6. The summed E-state index contributed by atoms with van der Waals surface area (Å²) < 4.78 is 63.7. The third-order valence-electron chi connectivity index (χ3n) is 5.30. The van der Waals surface area contributed by atoms with Crippen LogP contribution in [0.5, 0.6) is 0 Å². The molecule has 0 bridgehead atoms. The van der Waals surface area contributed by atoms with Crippen molar-refractivity contribution in [2.75, 3.05) is 26.4 Å². The zero-order chi connectivity index (χ0) is 21.4. The lowest BCUT2D eigenvalue weighted by Crippen LogP contribution is -2.52. The fourth-order valence-electron chi connectivity index (χ4n) is 3.64. The molecule has 29 heavy (non-hydrogen) atoms. The fraction of sp³-hybridized carbons (Fsp3) is 0.556. The predicted molar refractivity (Wildman–Crippen MR) is 102 cm³/mol. The predicted octanol–water partition coefficient (Wildman–Crippen LogP) is 0.642. The monoisotopic (exact) mass is 446 g/mol. The van der Waals surface area contributed by atoms with Crippen LogP contribution in [0.25, 0.3) is 0 Å². The van der Waals surface area contributed by atoms with Crippen LogP contribution in [0.4, 0.5) is 0 Å². The third kappa shape index (κ3) is 3.55. The number of hydrogen-bond donors (Lipinski definition) is 0. The van der Waals surface area contributed by atoms with Crippen LogP contribution in [0, 0.1) is 11.8 Å². The van der Waals surface area contributed by atoms with E-state index in [-0.39, 0.29) is 23.5 Å². The lowest BCUT2D eigenvalue weighted by atomic mass is 9.72. The maximum absolute atomic E-state index is 13.1. The van der Waals surface area contributed by atoms with Crippen molar-refractivity contribution in [3.8, 4) is 0 Å². The van der Waals surface area contributed by atoms with Gasteiger partial charge in [-0.2, -0.15) is 16.8 Å². The van der Waals surface area contributed by atoms with Crippen LogP contribution < -0.4 is 0 Å². The average Bonchev–Trinajstić information content (AvgIpc) is 2.76. The van der Waals surface area contributed by atoms with Crippen molar-refractivity contribution in [1.82, 2.24) is 0 Å². The summed E-state index contributed by atoms with van der Waals surface area (Å²) in [6.45, 7) is 1.21. The van der Waals surface area contributed by atoms with Crippen LogP contribution in [0.15, 0.2) is 35.5 Å². The van der Waals surface area contributed by atoms with Crippen molar-refractivity contribution in [2.24, 2.45) is 11.8 Å². The minimum absolute atomic E-state index is 0.0237. The number of ketones is 2. The van der Waals surface area contributed by atoms with Crippen molar-refractivity contribution >= 4 is 31.8 Å². The van der Waals surface area contributed by atoms with Crippen molar-refractivity contribution in [2.45, 2.75) is 24.3 Å². The fourth-order valence-corrected chi connectivity index (χ4v) is 7.03. The summed E-state index contributed by atoms with van der Waals surface area (Å²) in [6, 6.07) is 0. The number of hydrogen-bond acceptors (Lipinski definition) is 9. The van der Waals surface area contributed by atoms with E-state index < -0.39 is 68.2 Å². The maximum Gasteiger partial charge on any atom is 0.293 e. The quantitative estimate of drug-likeness (QED) is 0.558. The molecule has 9 nitrogen and oxygen atoms in total. The number of rotatable bonds is 5. The first kappa shape index (κ1) is 22.0. The van der Waals surface area contributed by atoms with Gasteiger partial charge in [0.25, 0.3) is 20.2 Å². The van der Waals surface area contributed by atoms with Crippen LogP contribution >= 0.6 is 0 Å². The molecule has 0 aromatic carbocycles. The Morgan fingerprint density at radius 3 is 2.03 bits per heavy atom. The van der Waals surface area contributed by atoms with E-state index in [9.17, 15) is 26.4 Å². The van der Waals surface area contributed by atoms with Crippen LogP contribution in [-0.2, 0) is 42.9 Å². The molecule has 2 unspecified atom stereocenters. The molecule has 1 heterocycles. The van der Waals surface area contributed by atoms with Gasteiger partial charge in [0.05, 0.1) is 31.7 Å². The van der Waals surface area contributed by atoms with Crippen molar-refractivity contribution < 1.29 is 39.5 Å². The molecule has 0 amide bonds. The van der Waals surface area contributed by atoms with E-state index in [1.807, 2.05) is 0 Å². The molecule has 2 aliphatic carbocycles. The minimum atomic E-state index is -4.76. The first-order valence-corrected chi connectivity index (χ1v) is 11.9. The Balaban J connectivity index is 2.17. The molecule has 0 saturated carbocycles. The van der Waals surface area contributed by atoms with Gasteiger partial charge in [-0.3, -0.25) is 18.0 Å². The first-order valence-electron chi connectivity index (χ1n) is 9.07. The molecule has 0 radical (unpaired) electrons. The Kier molecular flexibility index (Phi) is 5.98. The number of ether oxygens (including phenoxy) is 1. The summed E-state index contributed by atoms with van der Waals surface area (Å²) >= 11 is 0. The first-order chi connectivity index (χ1) is 13.6. The second kappa shape index (κ2) is 7.88. The summed E-state index contributed by atoms with van der Waals surface area (Å²) in [7, 11) is -9.52. The summed E-state index contributed by atoms with van der Waals surface area (Å²) in [5, 5.41) is 0. The van der Waals surface area contributed by atoms with E-state index in [1.165, 1.54) is 6.92 Å². The second-order valence-electron chi connectivity index (χ2n) is 6.93. The summed E-state index contributed by atoms with van der Waals surface area (Å²) in [5.74, 6) is -2.36. The Hall–Kier alpha value is -1.66. The highest BCUT2D eigenvalue weighted by atomic mass is 32.3. The Bertz CT molecular complexity index is 980. The lowest BCUT2D eigenvalue weighted by Gasteiger charge is -2.34. The van der Waals surface area contributed by atoms with Crippen molar-refractivity contribution in [3.63, 3.8) is 0 Å². The normalized spacial score (nSPS) is 30.1. The van der Waals surface area contributed by atoms with Gasteiger partial charge in [0.2, 0.25) is 4.08 Å². The minimum Gasteiger partial charge on any atom is -0.379 e. The summed E-state index contributed by atoms with van der Waals surface area (Å²) in [6.07, 6.45) is 5.63. The van der Waals surface area contributed by atoms with E-state index in [0.29, 0.717) is 0 Å². The molecule has 1 saturated heterocycles. The Morgan fingerprint density at radius 2 is 1.52 bits per heavy atom. The molecule has 3 rings (SSSR count). The average molecular weight is 446 g/mol. The molecule has 0 aromatic heterocycles. The van der Waals surface area contributed by atoms with Crippen LogP contribution in [0.1, 0.15) is 20.3 Å². The highest BCUT2D eigenvalue weighted by Crippen LogP contribution is 2.42. The summed E-state index contributed by atoms with van der Waals surface area (Å²) in [4.78, 5) is 25.9. The van der Waals surface area contributed by atoms with Gasteiger partial charge >= 0.3 is 0 Å². The standard InChI is InChI=1S/C18H22O9S2/c1-3-25-11-18(28(21,22)26-8-9-27-29(18,23)24)10-15-12(2)16(19)13-6-4-5-7-14(13)17(15)20/h4-7,13-14H,3,8-11H2,1-2H3. The van der Waals surface area contributed by atoms with Gasteiger partial charge in [0.15, 0.2) is 11.6 Å². The third-order valence-corrected chi connectivity index (χ3v) is 9.83. The van der Waals surface area contributed by atoms with Crippen LogP contribution in [0.2, 0.25) is 0 Å². The Morgan fingerprint density at radius 1 is 1.00 bits per heavy atom. The summed E-state index contributed by atoms with van der Waals surface area (Å²) in [5.41, 5.74) is -0.140. The number of carbonyl (C=O) groups excluding carboxylic acids is 2. The zero-order valence-corrected chi connectivity index (χ0v) is 17.6. The van der Waals surface area contributed by atoms with Crippen molar-refractivity contribution in [1.29, 1.82) is 0 Å².